The van der Waals surface area contributed by atoms with Gasteiger partial charge in [0.25, 0.3) is 0 Å². The topological polar surface area (TPSA) is 63.6 Å². The molecule has 0 fully saturated rings. The van der Waals surface area contributed by atoms with Crippen molar-refractivity contribution in [2.24, 2.45) is 0 Å². The van der Waals surface area contributed by atoms with Crippen molar-refractivity contribution in [3.8, 4) is 0 Å². The SMILES string of the molecule is CCCCCC/C=C\CCCCCCCC(=O)OCCCCCCCCCCCCCC(=O)O. The summed E-state index contributed by atoms with van der Waals surface area (Å²) in [5, 5.41) is 8.60. The normalized spacial score (nSPS) is 11.3. The fourth-order valence-corrected chi connectivity index (χ4v) is 4.21. The fraction of sp³-hybridized carbons (Fsp3) is 0.867. The molecule has 0 spiro atoms. The summed E-state index contributed by atoms with van der Waals surface area (Å²) < 4.78 is 5.37. The Kier molecular flexibility index (Phi) is 26.8. The Morgan fingerprint density at radius 1 is 0.559 bits per heavy atom. The number of unbranched alkanes of at least 4 members (excludes halogenated alkanes) is 19. The molecule has 1 N–H and O–H groups in total. The molecule has 0 aromatic rings. The maximum Gasteiger partial charge on any atom is 0.305 e. The van der Waals surface area contributed by atoms with Gasteiger partial charge in [0.05, 0.1) is 6.61 Å². The number of rotatable bonds is 27. The molecule has 200 valence electrons. The first-order chi connectivity index (χ1) is 16.7. The van der Waals surface area contributed by atoms with Crippen molar-refractivity contribution in [3.63, 3.8) is 0 Å². The van der Waals surface area contributed by atoms with E-state index >= 15 is 0 Å². The molecule has 0 aromatic heterocycles. The zero-order valence-corrected chi connectivity index (χ0v) is 22.5. The van der Waals surface area contributed by atoms with Gasteiger partial charge < -0.3 is 9.84 Å². The van der Waals surface area contributed by atoms with Gasteiger partial charge in [-0.2, -0.15) is 0 Å². The van der Waals surface area contributed by atoms with Gasteiger partial charge in [0.15, 0.2) is 0 Å². The summed E-state index contributed by atoms with van der Waals surface area (Å²) in [6, 6.07) is 0. The van der Waals surface area contributed by atoms with E-state index in [2.05, 4.69) is 19.1 Å². The number of hydrogen-bond donors (Lipinski definition) is 1. The third-order valence-electron chi connectivity index (χ3n) is 6.44. The number of hydrogen-bond acceptors (Lipinski definition) is 3. The highest BCUT2D eigenvalue weighted by atomic mass is 16.5. The molecular formula is C30H56O4. The van der Waals surface area contributed by atoms with Crippen molar-refractivity contribution in [3.05, 3.63) is 12.2 Å². The summed E-state index contributed by atoms with van der Waals surface area (Å²) in [5.41, 5.74) is 0. The van der Waals surface area contributed by atoms with Gasteiger partial charge in [-0.05, 0) is 44.9 Å². The summed E-state index contributed by atoms with van der Waals surface area (Å²) in [5.74, 6) is -0.697. The average Bonchev–Trinajstić information content (AvgIpc) is 2.82. The van der Waals surface area contributed by atoms with Gasteiger partial charge in [0.2, 0.25) is 0 Å². The molecule has 4 nitrogen and oxygen atoms in total. The van der Waals surface area contributed by atoms with Gasteiger partial charge in [0, 0.05) is 12.8 Å². The van der Waals surface area contributed by atoms with Crippen molar-refractivity contribution in [2.75, 3.05) is 6.61 Å². The first-order valence-corrected chi connectivity index (χ1v) is 14.7. The molecule has 0 saturated heterocycles. The highest BCUT2D eigenvalue weighted by Gasteiger charge is 2.02. The van der Waals surface area contributed by atoms with E-state index in [0.29, 0.717) is 19.4 Å². The van der Waals surface area contributed by atoms with Crippen LogP contribution >= 0.6 is 0 Å². The van der Waals surface area contributed by atoms with Crippen LogP contribution in [0.25, 0.3) is 0 Å². The third-order valence-corrected chi connectivity index (χ3v) is 6.44. The molecule has 0 bridgehead atoms. The number of carbonyl (C=O) groups excluding carboxylic acids is 1. The summed E-state index contributed by atoms with van der Waals surface area (Å²) in [6.07, 6.45) is 32.0. The number of carbonyl (C=O) groups is 2. The standard InChI is InChI=1S/C30H56O4/c1-2-3-4-5-6-7-8-9-12-15-18-21-24-27-30(33)34-28-25-22-19-16-13-10-11-14-17-20-23-26-29(31)32/h7-8H,2-6,9-28H2,1H3,(H,31,32)/b8-7-. The number of aliphatic carboxylic acids is 1. The molecule has 34 heavy (non-hydrogen) atoms. The van der Waals surface area contributed by atoms with E-state index in [4.69, 9.17) is 9.84 Å². The largest absolute Gasteiger partial charge is 0.481 e. The number of carboxylic acids is 1. The van der Waals surface area contributed by atoms with Gasteiger partial charge in [-0.15, -0.1) is 0 Å². The van der Waals surface area contributed by atoms with E-state index in [1.807, 2.05) is 0 Å². The Balaban J connectivity index is 3.20. The smallest absolute Gasteiger partial charge is 0.305 e. The Hall–Kier alpha value is -1.32. The Morgan fingerprint density at radius 2 is 0.971 bits per heavy atom. The monoisotopic (exact) mass is 480 g/mol. The highest BCUT2D eigenvalue weighted by molar-refractivity contribution is 5.69. The Morgan fingerprint density at radius 3 is 1.47 bits per heavy atom. The van der Waals surface area contributed by atoms with Crippen molar-refractivity contribution in [1.29, 1.82) is 0 Å². The molecule has 0 radical (unpaired) electrons. The van der Waals surface area contributed by atoms with Crippen LogP contribution in [0.5, 0.6) is 0 Å². The van der Waals surface area contributed by atoms with E-state index in [9.17, 15) is 9.59 Å². The predicted molar refractivity (Wildman–Crippen MR) is 144 cm³/mol. The Bertz CT molecular complexity index is 472. The number of carboxylic acid groups (broad SMARTS) is 1. The van der Waals surface area contributed by atoms with Gasteiger partial charge in [-0.3, -0.25) is 9.59 Å². The fourth-order valence-electron chi connectivity index (χ4n) is 4.21. The highest BCUT2D eigenvalue weighted by Crippen LogP contribution is 2.13. The van der Waals surface area contributed by atoms with Crippen LogP contribution in [0.4, 0.5) is 0 Å². The molecule has 0 aromatic carbocycles. The van der Waals surface area contributed by atoms with E-state index < -0.39 is 5.97 Å². The van der Waals surface area contributed by atoms with Crippen LogP contribution in [0.3, 0.4) is 0 Å². The van der Waals surface area contributed by atoms with Crippen LogP contribution in [-0.4, -0.2) is 23.7 Å². The van der Waals surface area contributed by atoms with Crippen molar-refractivity contribution in [1.82, 2.24) is 0 Å². The van der Waals surface area contributed by atoms with Gasteiger partial charge in [-0.25, -0.2) is 0 Å². The number of ether oxygens (including phenoxy) is 1. The minimum atomic E-state index is -0.678. The number of allylic oxidation sites excluding steroid dienone is 2. The summed E-state index contributed by atoms with van der Waals surface area (Å²) >= 11 is 0. The minimum absolute atomic E-state index is 0.0191. The first-order valence-electron chi connectivity index (χ1n) is 14.7. The van der Waals surface area contributed by atoms with E-state index in [1.54, 1.807) is 0 Å². The maximum absolute atomic E-state index is 11.8. The molecule has 0 heterocycles. The maximum atomic E-state index is 11.8. The zero-order chi connectivity index (χ0) is 25.0. The van der Waals surface area contributed by atoms with Crippen LogP contribution in [0.1, 0.15) is 161 Å². The lowest BCUT2D eigenvalue weighted by molar-refractivity contribution is -0.144. The lowest BCUT2D eigenvalue weighted by Gasteiger charge is -2.05. The second-order valence-corrected chi connectivity index (χ2v) is 9.88. The van der Waals surface area contributed by atoms with Crippen molar-refractivity contribution >= 4 is 11.9 Å². The lowest BCUT2D eigenvalue weighted by atomic mass is 10.1. The minimum Gasteiger partial charge on any atom is -0.481 e. The van der Waals surface area contributed by atoms with Crippen LogP contribution in [0, 0.1) is 0 Å². The molecule has 0 rings (SSSR count). The predicted octanol–water partition coefficient (Wildman–Crippen LogP) is 9.55. The van der Waals surface area contributed by atoms with Crippen molar-refractivity contribution in [2.45, 2.75) is 161 Å². The van der Waals surface area contributed by atoms with Crippen LogP contribution in [-0.2, 0) is 14.3 Å². The van der Waals surface area contributed by atoms with Crippen LogP contribution in [0.2, 0.25) is 0 Å². The van der Waals surface area contributed by atoms with Gasteiger partial charge >= 0.3 is 11.9 Å². The second kappa shape index (κ2) is 27.9. The van der Waals surface area contributed by atoms with E-state index in [0.717, 1.165) is 44.9 Å². The van der Waals surface area contributed by atoms with E-state index in [-0.39, 0.29) is 5.97 Å². The van der Waals surface area contributed by atoms with Gasteiger partial charge in [0.1, 0.15) is 0 Å². The molecule has 4 heteroatoms. The molecule has 0 amide bonds. The zero-order valence-electron chi connectivity index (χ0n) is 22.5. The molecular weight excluding hydrogens is 424 g/mol. The van der Waals surface area contributed by atoms with Crippen molar-refractivity contribution < 1.29 is 19.4 Å². The van der Waals surface area contributed by atoms with Crippen LogP contribution < -0.4 is 0 Å². The van der Waals surface area contributed by atoms with Gasteiger partial charge in [-0.1, -0.05) is 115 Å². The summed E-state index contributed by atoms with van der Waals surface area (Å²) in [7, 11) is 0. The lowest BCUT2D eigenvalue weighted by Crippen LogP contribution is -2.05. The summed E-state index contributed by atoms with van der Waals surface area (Å²) in [4.78, 5) is 22.3. The Labute approximate surface area is 211 Å². The number of esters is 1. The molecule has 0 aliphatic carbocycles. The molecule has 0 atom stereocenters. The third kappa shape index (κ3) is 28.7. The molecule has 0 aliphatic rings. The second-order valence-electron chi connectivity index (χ2n) is 9.88. The summed E-state index contributed by atoms with van der Waals surface area (Å²) in [6.45, 7) is 2.84. The quantitative estimate of drug-likeness (QED) is 0.0722. The molecule has 0 saturated carbocycles. The van der Waals surface area contributed by atoms with E-state index in [1.165, 1.54) is 96.3 Å². The van der Waals surface area contributed by atoms with Crippen LogP contribution in [0.15, 0.2) is 12.2 Å². The molecule has 0 unspecified atom stereocenters. The first kappa shape index (κ1) is 32.7. The molecule has 0 aliphatic heterocycles. The average molecular weight is 481 g/mol.